The molecule has 0 heterocycles. The number of aryl methyl sites for hydroxylation is 2. The molecular formula is C19H22N2O4. The van der Waals surface area contributed by atoms with Crippen LogP contribution in [-0.4, -0.2) is 32.6 Å². The summed E-state index contributed by atoms with van der Waals surface area (Å²) in [5.74, 6) is 0.538. The molecule has 0 aliphatic carbocycles. The maximum absolute atomic E-state index is 12.2. The van der Waals surface area contributed by atoms with Gasteiger partial charge in [0.15, 0.2) is 6.61 Å². The van der Waals surface area contributed by atoms with Gasteiger partial charge in [-0.1, -0.05) is 17.7 Å². The lowest BCUT2D eigenvalue weighted by atomic mass is 10.1. The van der Waals surface area contributed by atoms with Crippen LogP contribution in [0.15, 0.2) is 36.4 Å². The topological polar surface area (TPSA) is 76.7 Å². The third-order valence-electron chi connectivity index (χ3n) is 3.65. The number of carbonyl (C=O) groups excluding carboxylic acids is 2. The van der Waals surface area contributed by atoms with E-state index >= 15 is 0 Å². The van der Waals surface area contributed by atoms with Crippen molar-refractivity contribution in [2.45, 2.75) is 13.8 Å². The van der Waals surface area contributed by atoms with E-state index in [9.17, 15) is 9.59 Å². The van der Waals surface area contributed by atoms with Gasteiger partial charge in [0.2, 0.25) is 0 Å². The predicted molar refractivity (Wildman–Crippen MR) is 96.4 cm³/mol. The van der Waals surface area contributed by atoms with E-state index in [2.05, 4.69) is 10.6 Å². The maximum Gasteiger partial charge on any atom is 0.262 e. The van der Waals surface area contributed by atoms with Crippen LogP contribution in [0, 0.1) is 13.8 Å². The second-order valence-electron chi connectivity index (χ2n) is 5.60. The number of benzene rings is 2. The quantitative estimate of drug-likeness (QED) is 0.846. The first-order valence-electron chi connectivity index (χ1n) is 7.84. The minimum absolute atomic E-state index is 0.142. The number of hydrogen-bond donors (Lipinski definition) is 2. The highest BCUT2D eigenvalue weighted by atomic mass is 16.5. The van der Waals surface area contributed by atoms with E-state index in [1.807, 2.05) is 32.0 Å². The van der Waals surface area contributed by atoms with Crippen LogP contribution in [0.2, 0.25) is 0 Å². The van der Waals surface area contributed by atoms with E-state index in [-0.39, 0.29) is 18.4 Å². The molecule has 0 atom stereocenters. The van der Waals surface area contributed by atoms with Crippen LogP contribution in [0.5, 0.6) is 11.5 Å². The molecule has 0 unspecified atom stereocenters. The first kappa shape index (κ1) is 18.3. The molecule has 6 heteroatoms. The molecule has 6 nitrogen and oxygen atoms in total. The summed E-state index contributed by atoms with van der Waals surface area (Å²) < 4.78 is 10.8. The fraction of sp³-hybridized carbons (Fsp3) is 0.263. The van der Waals surface area contributed by atoms with Crippen LogP contribution >= 0.6 is 0 Å². The van der Waals surface area contributed by atoms with Gasteiger partial charge in [0.25, 0.3) is 11.8 Å². The molecular weight excluding hydrogens is 320 g/mol. The van der Waals surface area contributed by atoms with Crippen molar-refractivity contribution in [3.05, 3.63) is 53.1 Å². The van der Waals surface area contributed by atoms with Crippen molar-refractivity contribution in [1.82, 2.24) is 5.32 Å². The van der Waals surface area contributed by atoms with Crippen molar-refractivity contribution in [3.8, 4) is 11.5 Å². The van der Waals surface area contributed by atoms with Gasteiger partial charge < -0.3 is 20.1 Å². The first-order chi connectivity index (χ1) is 11.9. The second-order valence-corrected chi connectivity index (χ2v) is 5.60. The summed E-state index contributed by atoms with van der Waals surface area (Å²) in [6, 6.07) is 10.6. The van der Waals surface area contributed by atoms with Gasteiger partial charge in [0.1, 0.15) is 11.5 Å². The highest BCUT2D eigenvalue weighted by molar-refractivity contribution is 5.98. The standard InChI is InChI=1S/C19H22N2O4/c1-12-5-7-16(13(2)9-12)25-11-18(22)21-15-10-14(19(23)20-3)6-8-17(15)24-4/h5-10H,11H2,1-4H3,(H,20,23)(H,21,22). The third kappa shape index (κ3) is 4.73. The zero-order valence-electron chi connectivity index (χ0n) is 14.8. The monoisotopic (exact) mass is 342 g/mol. The number of methoxy groups -OCH3 is 1. The number of carbonyl (C=O) groups is 2. The molecule has 0 aliphatic heterocycles. The third-order valence-corrected chi connectivity index (χ3v) is 3.65. The van der Waals surface area contributed by atoms with E-state index in [0.717, 1.165) is 11.1 Å². The number of amides is 2. The minimum Gasteiger partial charge on any atom is -0.495 e. The normalized spacial score (nSPS) is 10.1. The van der Waals surface area contributed by atoms with Gasteiger partial charge in [-0.25, -0.2) is 0 Å². The van der Waals surface area contributed by atoms with Crippen LogP contribution in [0.4, 0.5) is 5.69 Å². The van der Waals surface area contributed by atoms with E-state index in [1.54, 1.807) is 25.2 Å². The lowest BCUT2D eigenvalue weighted by molar-refractivity contribution is -0.118. The van der Waals surface area contributed by atoms with E-state index < -0.39 is 0 Å². The SMILES string of the molecule is CNC(=O)c1ccc(OC)c(NC(=O)COc2ccc(C)cc2C)c1. The lowest BCUT2D eigenvalue weighted by Gasteiger charge is -2.13. The van der Waals surface area contributed by atoms with Crippen LogP contribution in [0.3, 0.4) is 0 Å². The lowest BCUT2D eigenvalue weighted by Crippen LogP contribution is -2.22. The van der Waals surface area contributed by atoms with Gasteiger partial charge in [-0.2, -0.15) is 0 Å². The Bertz CT molecular complexity index is 787. The average molecular weight is 342 g/mol. The summed E-state index contributed by atoms with van der Waals surface area (Å²) in [5, 5.41) is 5.25. The Morgan fingerprint density at radius 3 is 2.40 bits per heavy atom. The number of nitrogens with one attached hydrogen (secondary N) is 2. The van der Waals surface area contributed by atoms with Gasteiger partial charge in [-0.15, -0.1) is 0 Å². The van der Waals surface area contributed by atoms with Gasteiger partial charge in [0, 0.05) is 12.6 Å². The number of hydrogen-bond acceptors (Lipinski definition) is 4. The Hall–Kier alpha value is -3.02. The number of rotatable bonds is 6. The number of anilines is 1. The smallest absolute Gasteiger partial charge is 0.262 e. The fourth-order valence-corrected chi connectivity index (χ4v) is 2.38. The van der Waals surface area contributed by atoms with Crippen molar-refractivity contribution in [1.29, 1.82) is 0 Å². The molecule has 25 heavy (non-hydrogen) atoms. The van der Waals surface area contributed by atoms with E-state index in [1.165, 1.54) is 7.11 Å². The summed E-state index contributed by atoms with van der Waals surface area (Å²) in [6.07, 6.45) is 0. The molecule has 0 fully saturated rings. The first-order valence-corrected chi connectivity index (χ1v) is 7.84. The molecule has 0 spiro atoms. The largest absolute Gasteiger partial charge is 0.495 e. The fourth-order valence-electron chi connectivity index (χ4n) is 2.38. The van der Waals surface area contributed by atoms with E-state index in [0.29, 0.717) is 22.7 Å². The Kier molecular flexibility index (Phi) is 6.00. The zero-order chi connectivity index (χ0) is 18.4. The summed E-state index contributed by atoms with van der Waals surface area (Å²) in [4.78, 5) is 23.9. The Morgan fingerprint density at radius 1 is 1.04 bits per heavy atom. The molecule has 0 saturated carbocycles. The molecule has 0 bridgehead atoms. The van der Waals surface area contributed by atoms with Crippen molar-refractivity contribution < 1.29 is 19.1 Å². The van der Waals surface area contributed by atoms with Crippen molar-refractivity contribution in [3.63, 3.8) is 0 Å². The Morgan fingerprint density at radius 2 is 1.76 bits per heavy atom. The molecule has 2 rings (SSSR count). The molecule has 0 aliphatic rings. The number of ether oxygens (including phenoxy) is 2. The van der Waals surface area contributed by atoms with Crippen LogP contribution in [-0.2, 0) is 4.79 Å². The molecule has 0 radical (unpaired) electrons. The summed E-state index contributed by atoms with van der Waals surface area (Å²) >= 11 is 0. The predicted octanol–water partition coefficient (Wildman–Crippen LogP) is 2.69. The summed E-state index contributed by atoms with van der Waals surface area (Å²) in [6.45, 7) is 3.78. The van der Waals surface area contributed by atoms with Crippen molar-refractivity contribution >= 4 is 17.5 Å². The van der Waals surface area contributed by atoms with Gasteiger partial charge in [-0.05, 0) is 43.7 Å². The molecule has 2 aromatic rings. The van der Waals surface area contributed by atoms with Crippen LogP contribution < -0.4 is 20.1 Å². The summed E-state index contributed by atoms with van der Waals surface area (Å²) in [7, 11) is 3.04. The zero-order valence-corrected chi connectivity index (χ0v) is 14.8. The van der Waals surface area contributed by atoms with E-state index in [4.69, 9.17) is 9.47 Å². The van der Waals surface area contributed by atoms with Gasteiger partial charge >= 0.3 is 0 Å². The molecule has 2 N–H and O–H groups in total. The average Bonchev–Trinajstić information content (AvgIpc) is 2.60. The second kappa shape index (κ2) is 8.19. The van der Waals surface area contributed by atoms with Crippen LogP contribution in [0.1, 0.15) is 21.5 Å². The summed E-state index contributed by atoms with van der Waals surface area (Å²) in [5.41, 5.74) is 2.93. The Balaban J connectivity index is 2.07. The molecule has 132 valence electrons. The minimum atomic E-state index is -0.340. The maximum atomic E-state index is 12.2. The molecule has 0 aromatic heterocycles. The molecule has 2 amide bonds. The van der Waals surface area contributed by atoms with Gasteiger partial charge in [-0.3, -0.25) is 9.59 Å². The van der Waals surface area contributed by atoms with Gasteiger partial charge in [0.05, 0.1) is 12.8 Å². The highest BCUT2D eigenvalue weighted by Gasteiger charge is 2.12. The Labute approximate surface area is 147 Å². The highest BCUT2D eigenvalue weighted by Crippen LogP contribution is 2.25. The molecule has 0 saturated heterocycles. The van der Waals surface area contributed by atoms with Crippen molar-refractivity contribution in [2.24, 2.45) is 0 Å². The van der Waals surface area contributed by atoms with Crippen molar-refractivity contribution in [2.75, 3.05) is 26.1 Å². The molecule has 2 aromatic carbocycles. The van der Waals surface area contributed by atoms with Crippen LogP contribution in [0.25, 0.3) is 0 Å².